The summed E-state index contributed by atoms with van der Waals surface area (Å²) in [4.78, 5) is 153. The number of unbranched alkanes of at least 4 members (excludes halogenated alkanes) is 2. The Morgan fingerprint density at radius 2 is 0.861 bits per heavy atom. The van der Waals surface area contributed by atoms with Crippen LogP contribution in [0.5, 0.6) is 0 Å². The van der Waals surface area contributed by atoms with E-state index < -0.39 is 145 Å². The van der Waals surface area contributed by atoms with E-state index in [-0.39, 0.29) is 82.3 Å². The van der Waals surface area contributed by atoms with Crippen molar-refractivity contribution in [2.45, 2.75) is 180 Å². The lowest BCUT2D eigenvalue weighted by Crippen LogP contribution is -2.60. The molecule has 79 heavy (non-hydrogen) atoms. The SMILES string of the molecule is CC[C@H](C)[C@H](NC(=O)[C@H](CCCN=C(N)N)NC(=O)[C@H](CCC(=O)O)NC(=O)[C@@H](C)CCCCN)C(=O)N[C@@H](CCC(=O)O)C(=O)NCC(=O)N[C@@H](CC(C)C)C(=O)N[C@@H](CCCN=C(N)N)C(=O)N[C@@H](CCCCN)C(N)=O. The molecule has 0 bridgehead atoms. The summed E-state index contributed by atoms with van der Waals surface area (Å²) in [5.74, 6) is -12.0. The molecular formula is C49H91N17O13. The molecule has 0 aromatic rings. The van der Waals surface area contributed by atoms with Gasteiger partial charge in [-0.3, -0.25) is 62.7 Å². The number of aliphatic imine (C=N–C) groups is 2. The van der Waals surface area contributed by atoms with Crippen molar-refractivity contribution in [3.63, 3.8) is 0 Å². The molecule has 9 amide bonds. The number of primary amides is 1. The van der Waals surface area contributed by atoms with Crippen molar-refractivity contribution in [3.05, 3.63) is 0 Å². The van der Waals surface area contributed by atoms with Crippen LogP contribution in [0.4, 0.5) is 0 Å². The molecule has 450 valence electrons. The van der Waals surface area contributed by atoms with E-state index in [1.54, 1.807) is 34.6 Å². The average Bonchev–Trinajstić information content (AvgIpc) is 3.37. The first kappa shape index (κ1) is 71.6. The first-order valence-corrected chi connectivity index (χ1v) is 26.8. The third kappa shape index (κ3) is 32.2. The zero-order valence-electron chi connectivity index (χ0n) is 46.4. The molecule has 0 heterocycles. The summed E-state index contributed by atoms with van der Waals surface area (Å²) in [7, 11) is 0. The van der Waals surface area contributed by atoms with Crippen LogP contribution >= 0.6 is 0 Å². The Hall–Kier alpha value is -7.37. The van der Waals surface area contributed by atoms with E-state index in [1.807, 2.05) is 0 Å². The van der Waals surface area contributed by atoms with Gasteiger partial charge in [0.2, 0.25) is 53.2 Å². The standard InChI is InChI=1S/C49H91N17O13/c1-6-28(4)39(66-45(77)32(16-12-24-58-49(55)56)63-44(76)34(18-20-38(70)71)62-41(73)29(5)13-7-9-21-50)47(79)65-33(17-19-37(68)69)42(74)59-26-36(67)60-35(25-27(2)3)46(78)64-31(15-11-23-57-48(53)54)43(75)61-30(40(52)72)14-8-10-22-51/h27-35,39H,6-26,50-51H2,1-5H3,(H2,52,72)(H,59,74)(H,60,67)(H,61,75)(H,62,73)(H,63,76)(H,64,78)(H,65,79)(H,66,77)(H,68,69)(H,70,71)(H4,53,54,57)(H4,55,56,58)/t28-,29-,30-,31-,32-,33-,34-,35-,39-/m0/s1. The van der Waals surface area contributed by atoms with Crippen LogP contribution in [0, 0.1) is 17.8 Å². The summed E-state index contributed by atoms with van der Waals surface area (Å²) in [6.07, 6.45) is 1.51. The summed E-state index contributed by atoms with van der Waals surface area (Å²) in [5.41, 5.74) is 38.5. The number of nitrogens with zero attached hydrogens (tertiary/aromatic N) is 2. The summed E-state index contributed by atoms with van der Waals surface area (Å²) >= 11 is 0. The van der Waals surface area contributed by atoms with Crippen LogP contribution in [0.1, 0.15) is 137 Å². The molecular weight excluding hydrogens is 1030 g/mol. The lowest BCUT2D eigenvalue weighted by atomic mass is 9.96. The quantitative estimate of drug-likeness (QED) is 0.0156. The largest absolute Gasteiger partial charge is 0.481 e. The predicted octanol–water partition coefficient (Wildman–Crippen LogP) is -4.20. The molecule has 9 atom stereocenters. The third-order valence-corrected chi connectivity index (χ3v) is 12.4. The number of amides is 9. The molecule has 0 fully saturated rings. The summed E-state index contributed by atoms with van der Waals surface area (Å²) in [6, 6.07) is -9.42. The zero-order chi connectivity index (χ0) is 60.2. The molecule has 0 spiro atoms. The van der Waals surface area contributed by atoms with E-state index in [0.717, 1.165) is 0 Å². The van der Waals surface area contributed by atoms with Gasteiger partial charge in [-0.05, 0) is 102 Å². The molecule has 0 aliphatic carbocycles. The van der Waals surface area contributed by atoms with Crippen molar-refractivity contribution in [2.75, 3.05) is 32.7 Å². The predicted molar refractivity (Wildman–Crippen MR) is 293 cm³/mol. The Kier molecular flexibility index (Phi) is 36.2. The van der Waals surface area contributed by atoms with Gasteiger partial charge in [0.15, 0.2) is 11.9 Å². The Morgan fingerprint density at radius 1 is 0.456 bits per heavy atom. The van der Waals surface area contributed by atoms with Gasteiger partial charge in [0.05, 0.1) is 6.54 Å². The number of nitrogens with two attached hydrogens (primary N) is 7. The highest BCUT2D eigenvalue weighted by Gasteiger charge is 2.35. The Bertz CT molecular complexity index is 2050. The number of carbonyl (C=O) groups is 11. The number of guanidine groups is 2. The van der Waals surface area contributed by atoms with Crippen molar-refractivity contribution >= 4 is 77.0 Å². The van der Waals surface area contributed by atoms with Gasteiger partial charge in [-0.2, -0.15) is 0 Å². The van der Waals surface area contributed by atoms with Crippen molar-refractivity contribution < 1.29 is 63.0 Å². The van der Waals surface area contributed by atoms with E-state index in [9.17, 15) is 63.0 Å². The van der Waals surface area contributed by atoms with Gasteiger partial charge < -0.3 is 92.9 Å². The number of aliphatic carboxylic acids is 2. The highest BCUT2D eigenvalue weighted by Crippen LogP contribution is 2.14. The van der Waals surface area contributed by atoms with Gasteiger partial charge in [-0.25, -0.2) is 0 Å². The Balaban J connectivity index is 6.58. The van der Waals surface area contributed by atoms with Crippen LogP contribution in [0.2, 0.25) is 0 Å². The maximum absolute atomic E-state index is 14.1. The second kappa shape index (κ2) is 39.9. The molecule has 0 rings (SSSR count). The van der Waals surface area contributed by atoms with Gasteiger partial charge in [-0.1, -0.05) is 47.5 Å². The lowest BCUT2D eigenvalue weighted by Gasteiger charge is -2.29. The fourth-order valence-electron chi connectivity index (χ4n) is 7.71. The lowest BCUT2D eigenvalue weighted by molar-refractivity contribution is -0.139. The molecule has 0 saturated carbocycles. The third-order valence-electron chi connectivity index (χ3n) is 12.4. The molecule has 24 N–H and O–H groups in total. The number of hydrogen-bond acceptors (Lipinski definition) is 15. The average molecular weight is 1130 g/mol. The second-order valence-electron chi connectivity index (χ2n) is 19.8. The van der Waals surface area contributed by atoms with E-state index in [2.05, 4.69) is 52.5 Å². The van der Waals surface area contributed by atoms with Gasteiger partial charge >= 0.3 is 11.9 Å². The van der Waals surface area contributed by atoms with Crippen LogP contribution < -0.4 is 82.7 Å². The topological polar surface area (TPSA) is 531 Å². The number of carboxylic acids is 2. The van der Waals surface area contributed by atoms with Gasteiger partial charge in [0, 0.05) is 31.8 Å². The molecule has 0 aliphatic rings. The summed E-state index contributed by atoms with van der Waals surface area (Å²) in [6.45, 7) is 8.55. The molecule has 0 saturated heterocycles. The van der Waals surface area contributed by atoms with Gasteiger partial charge in [0.25, 0.3) is 0 Å². The molecule has 0 radical (unpaired) electrons. The van der Waals surface area contributed by atoms with Gasteiger partial charge in [-0.15, -0.1) is 0 Å². The highest BCUT2D eigenvalue weighted by molar-refractivity contribution is 5.97. The minimum Gasteiger partial charge on any atom is -0.481 e. The molecule has 30 nitrogen and oxygen atoms in total. The van der Waals surface area contributed by atoms with E-state index in [4.69, 9.17) is 40.1 Å². The summed E-state index contributed by atoms with van der Waals surface area (Å²) in [5, 5.41) is 39.3. The Labute approximate surface area is 461 Å². The molecule has 0 aliphatic heterocycles. The highest BCUT2D eigenvalue weighted by atomic mass is 16.4. The van der Waals surface area contributed by atoms with Crippen LogP contribution in [0.3, 0.4) is 0 Å². The van der Waals surface area contributed by atoms with Crippen LogP contribution in [-0.4, -0.2) is 162 Å². The molecule has 30 heteroatoms. The van der Waals surface area contributed by atoms with Crippen molar-refractivity contribution in [3.8, 4) is 0 Å². The van der Waals surface area contributed by atoms with E-state index in [1.165, 1.54) is 0 Å². The first-order chi connectivity index (χ1) is 37.2. The second-order valence-corrected chi connectivity index (χ2v) is 19.8. The minimum absolute atomic E-state index is 0.00236. The smallest absolute Gasteiger partial charge is 0.303 e. The van der Waals surface area contributed by atoms with Crippen molar-refractivity contribution in [2.24, 2.45) is 67.9 Å². The van der Waals surface area contributed by atoms with Gasteiger partial charge in [0.1, 0.15) is 42.3 Å². The normalized spacial score (nSPS) is 14.4. The molecule has 0 unspecified atom stereocenters. The first-order valence-electron chi connectivity index (χ1n) is 26.8. The number of carboxylic acid groups (broad SMARTS) is 2. The fraction of sp³-hybridized carbons (Fsp3) is 0.735. The van der Waals surface area contributed by atoms with Crippen LogP contribution in [-0.2, 0) is 52.7 Å². The fourth-order valence-corrected chi connectivity index (χ4v) is 7.71. The van der Waals surface area contributed by atoms with E-state index in [0.29, 0.717) is 45.2 Å². The maximum atomic E-state index is 14.1. The maximum Gasteiger partial charge on any atom is 0.303 e. The summed E-state index contributed by atoms with van der Waals surface area (Å²) < 4.78 is 0. The number of carbonyl (C=O) groups excluding carboxylic acids is 9. The van der Waals surface area contributed by atoms with Crippen LogP contribution in [0.25, 0.3) is 0 Å². The van der Waals surface area contributed by atoms with Crippen molar-refractivity contribution in [1.82, 2.24) is 42.5 Å². The number of rotatable bonds is 43. The Morgan fingerprint density at radius 3 is 1.30 bits per heavy atom. The number of nitrogens with one attached hydrogen (secondary N) is 8. The van der Waals surface area contributed by atoms with Crippen molar-refractivity contribution in [1.29, 1.82) is 0 Å². The molecule has 0 aromatic carbocycles. The zero-order valence-corrected chi connectivity index (χ0v) is 46.4. The monoisotopic (exact) mass is 1130 g/mol. The van der Waals surface area contributed by atoms with E-state index >= 15 is 0 Å². The van der Waals surface area contributed by atoms with Crippen LogP contribution in [0.15, 0.2) is 9.98 Å². The molecule has 0 aromatic heterocycles. The minimum atomic E-state index is -1.60. The number of hydrogen-bond donors (Lipinski definition) is 17.